The van der Waals surface area contributed by atoms with Crippen LogP contribution in [-0.4, -0.2) is 40.8 Å². The molecule has 2 aromatic rings. The van der Waals surface area contributed by atoms with Gasteiger partial charge in [-0.15, -0.1) is 0 Å². The van der Waals surface area contributed by atoms with Gasteiger partial charge < -0.3 is 15.0 Å². The summed E-state index contributed by atoms with van der Waals surface area (Å²) in [6, 6.07) is 7.28. The number of ether oxygens (including phenoxy) is 1. The van der Waals surface area contributed by atoms with Crippen molar-refractivity contribution >= 4 is 27.7 Å². The van der Waals surface area contributed by atoms with Gasteiger partial charge in [-0.3, -0.25) is 9.59 Å². The first-order chi connectivity index (χ1) is 13.8. The Morgan fingerprint density at radius 1 is 1.34 bits per heavy atom. The Bertz CT molecular complexity index is 906. The van der Waals surface area contributed by atoms with Crippen LogP contribution in [0.15, 0.2) is 41.0 Å². The Balaban J connectivity index is 1.76. The van der Waals surface area contributed by atoms with E-state index in [1.807, 2.05) is 13.8 Å². The normalized spacial score (nSPS) is 16.6. The van der Waals surface area contributed by atoms with Gasteiger partial charge in [-0.05, 0) is 59.1 Å². The van der Waals surface area contributed by atoms with Gasteiger partial charge in [-0.1, -0.05) is 13.8 Å². The lowest BCUT2D eigenvalue weighted by atomic mass is 10.0. The number of hydrogen-bond acceptors (Lipinski definition) is 4. The minimum absolute atomic E-state index is 0.0177. The van der Waals surface area contributed by atoms with Crippen molar-refractivity contribution in [2.75, 3.05) is 13.1 Å². The maximum absolute atomic E-state index is 13.3. The van der Waals surface area contributed by atoms with Gasteiger partial charge in [0, 0.05) is 31.2 Å². The van der Waals surface area contributed by atoms with Crippen LogP contribution in [0.4, 0.5) is 4.39 Å². The lowest BCUT2D eigenvalue weighted by Crippen LogP contribution is -2.50. The zero-order valence-electron chi connectivity index (χ0n) is 16.3. The molecule has 0 radical (unpaired) electrons. The van der Waals surface area contributed by atoms with Gasteiger partial charge in [0.25, 0.3) is 5.91 Å². The van der Waals surface area contributed by atoms with Crippen molar-refractivity contribution in [1.29, 1.82) is 0 Å². The number of nitrogens with one attached hydrogen (secondary N) is 1. The molecular formula is C21H23BrFN3O3. The Morgan fingerprint density at radius 3 is 2.86 bits per heavy atom. The van der Waals surface area contributed by atoms with E-state index in [-0.39, 0.29) is 29.7 Å². The number of carbonyl (C=O) groups is 2. The first-order valence-electron chi connectivity index (χ1n) is 9.52. The number of piperidine rings is 1. The molecule has 29 heavy (non-hydrogen) atoms. The Kier molecular flexibility index (Phi) is 6.84. The summed E-state index contributed by atoms with van der Waals surface area (Å²) in [7, 11) is 0. The summed E-state index contributed by atoms with van der Waals surface area (Å²) in [6.45, 7) is 4.72. The number of halogens is 2. The minimum Gasteiger partial charge on any atom is -0.437 e. The number of rotatable bonds is 5. The largest absolute Gasteiger partial charge is 0.437 e. The van der Waals surface area contributed by atoms with E-state index in [0.717, 1.165) is 12.8 Å². The molecule has 1 N–H and O–H groups in total. The molecule has 0 bridgehead atoms. The third-order valence-corrected chi connectivity index (χ3v) is 5.30. The number of likely N-dealkylation sites (tertiary alicyclic amines) is 1. The number of aromatic nitrogens is 1. The van der Waals surface area contributed by atoms with Gasteiger partial charge >= 0.3 is 0 Å². The molecule has 1 aromatic heterocycles. The fourth-order valence-electron chi connectivity index (χ4n) is 3.11. The second kappa shape index (κ2) is 9.35. The van der Waals surface area contributed by atoms with Crippen molar-refractivity contribution in [1.82, 2.24) is 15.2 Å². The van der Waals surface area contributed by atoms with Crippen molar-refractivity contribution in [3.8, 4) is 11.6 Å². The number of nitrogens with zero attached hydrogens (tertiary/aromatic N) is 2. The molecule has 1 fully saturated rings. The van der Waals surface area contributed by atoms with E-state index in [4.69, 9.17) is 4.74 Å². The van der Waals surface area contributed by atoms with Crippen molar-refractivity contribution in [3.05, 3.63) is 52.4 Å². The Labute approximate surface area is 177 Å². The lowest BCUT2D eigenvalue weighted by Gasteiger charge is -2.33. The number of benzene rings is 1. The summed E-state index contributed by atoms with van der Waals surface area (Å²) in [5.74, 6) is -0.221. The summed E-state index contributed by atoms with van der Waals surface area (Å²) < 4.78 is 19.5. The van der Waals surface area contributed by atoms with E-state index >= 15 is 0 Å². The molecule has 1 aliphatic heterocycles. The average Bonchev–Trinajstić information content (AvgIpc) is 2.70. The van der Waals surface area contributed by atoms with Crippen LogP contribution >= 0.6 is 15.9 Å². The molecule has 8 heteroatoms. The van der Waals surface area contributed by atoms with Crippen molar-refractivity contribution < 1.29 is 18.7 Å². The van der Waals surface area contributed by atoms with E-state index in [9.17, 15) is 14.0 Å². The highest BCUT2D eigenvalue weighted by Crippen LogP contribution is 2.31. The molecule has 154 valence electrons. The maximum Gasteiger partial charge on any atom is 0.259 e. The summed E-state index contributed by atoms with van der Waals surface area (Å²) in [5, 5.41) is 3.00. The standard InChI is InChI=1S/C21H23BrFN3O3/c1-13(2)19(27)25-15-5-4-10-26(12-15)21(28)16-6-3-9-24-20(16)29-18-8-7-14(23)11-17(18)22/h3,6-9,11,13,15H,4-5,10,12H2,1-2H3,(H,25,27). The highest BCUT2D eigenvalue weighted by molar-refractivity contribution is 9.10. The second-order valence-electron chi connectivity index (χ2n) is 7.29. The Hall–Kier alpha value is -2.48. The maximum atomic E-state index is 13.3. The predicted molar refractivity (Wildman–Crippen MR) is 110 cm³/mol. The zero-order chi connectivity index (χ0) is 21.0. The molecule has 1 unspecified atom stereocenters. The topological polar surface area (TPSA) is 71.5 Å². The highest BCUT2D eigenvalue weighted by atomic mass is 79.9. The van der Waals surface area contributed by atoms with Crippen LogP contribution < -0.4 is 10.1 Å². The number of hydrogen-bond donors (Lipinski definition) is 1. The van der Waals surface area contributed by atoms with Crippen LogP contribution in [-0.2, 0) is 4.79 Å². The molecule has 2 amide bonds. The van der Waals surface area contributed by atoms with Crippen LogP contribution in [0.3, 0.4) is 0 Å². The van der Waals surface area contributed by atoms with Gasteiger partial charge in [0.15, 0.2) is 0 Å². The Morgan fingerprint density at radius 2 is 2.14 bits per heavy atom. The van der Waals surface area contributed by atoms with E-state index < -0.39 is 5.82 Å². The molecule has 1 atom stereocenters. The number of carbonyl (C=O) groups excluding carboxylic acids is 2. The fraction of sp³-hybridized carbons (Fsp3) is 0.381. The molecule has 0 saturated carbocycles. The SMILES string of the molecule is CC(C)C(=O)NC1CCCN(C(=O)c2cccnc2Oc2ccc(F)cc2Br)C1. The molecule has 1 aliphatic rings. The van der Waals surface area contributed by atoms with Crippen molar-refractivity contribution in [2.45, 2.75) is 32.7 Å². The van der Waals surface area contributed by atoms with E-state index in [1.165, 1.54) is 24.4 Å². The lowest BCUT2D eigenvalue weighted by molar-refractivity contribution is -0.125. The van der Waals surface area contributed by atoms with Gasteiger partial charge in [0.05, 0.1) is 4.47 Å². The molecule has 1 aromatic carbocycles. The van der Waals surface area contributed by atoms with E-state index in [2.05, 4.69) is 26.2 Å². The average molecular weight is 464 g/mol. The molecule has 0 spiro atoms. The first kappa shape index (κ1) is 21.2. The summed E-state index contributed by atoms with van der Waals surface area (Å²) in [4.78, 5) is 31.0. The number of pyridine rings is 1. The molecule has 0 aliphatic carbocycles. The molecule has 3 rings (SSSR count). The van der Waals surface area contributed by atoms with Crippen LogP contribution in [0.5, 0.6) is 11.6 Å². The highest BCUT2D eigenvalue weighted by Gasteiger charge is 2.28. The summed E-state index contributed by atoms with van der Waals surface area (Å²) >= 11 is 3.26. The molecule has 1 saturated heterocycles. The van der Waals surface area contributed by atoms with E-state index in [1.54, 1.807) is 17.0 Å². The second-order valence-corrected chi connectivity index (χ2v) is 8.14. The summed E-state index contributed by atoms with van der Waals surface area (Å²) in [5.41, 5.74) is 0.319. The van der Waals surface area contributed by atoms with Crippen molar-refractivity contribution in [3.63, 3.8) is 0 Å². The molecule has 6 nitrogen and oxygen atoms in total. The fourth-order valence-corrected chi connectivity index (χ4v) is 3.55. The smallest absolute Gasteiger partial charge is 0.259 e. The van der Waals surface area contributed by atoms with Crippen LogP contribution in [0.1, 0.15) is 37.0 Å². The van der Waals surface area contributed by atoms with Gasteiger partial charge in [0.1, 0.15) is 17.1 Å². The van der Waals surface area contributed by atoms with Crippen LogP contribution in [0.2, 0.25) is 0 Å². The van der Waals surface area contributed by atoms with Crippen LogP contribution in [0.25, 0.3) is 0 Å². The zero-order valence-corrected chi connectivity index (χ0v) is 17.9. The third kappa shape index (κ3) is 5.32. The van der Waals surface area contributed by atoms with Crippen molar-refractivity contribution in [2.24, 2.45) is 5.92 Å². The minimum atomic E-state index is -0.399. The van der Waals surface area contributed by atoms with Gasteiger partial charge in [-0.2, -0.15) is 0 Å². The summed E-state index contributed by atoms with van der Waals surface area (Å²) in [6.07, 6.45) is 3.17. The van der Waals surface area contributed by atoms with Gasteiger partial charge in [-0.25, -0.2) is 9.37 Å². The predicted octanol–water partition coefficient (Wildman–Crippen LogP) is 4.15. The molecular weight excluding hydrogens is 441 g/mol. The third-order valence-electron chi connectivity index (χ3n) is 4.68. The van der Waals surface area contributed by atoms with Gasteiger partial charge in [0.2, 0.25) is 11.8 Å². The first-order valence-corrected chi connectivity index (χ1v) is 10.3. The van der Waals surface area contributed by atoms with E-state index in [0.29, 0.717) is 28.9 Å². The molecule has 2 heterocycles. The van der Waals surface area contributed by atoms with Crippen LogP contribution in [0, 0.1) is 11.7 Å². The monoisotopic (exact) mass is 463 g/mol. The quantitative estimate of drug-likeness (QED) is 0.722. The number of amides is 2.